The summed E-state index contributed by atoms with van der Waals surface area (Å²) in [6.07, 6.45) is 10.1. The fourth-order valence-corrected chi connectivity index (χ4v) is 3.03. The van der Waals surface area contributed by atoms with Crippen molar-refractivity contribution >= 4 is 0 Å². The van der Waals surface area contributed by atoms with E-state index in [2.05, 4.69) is 10.6 Å². The molecule has 86 valence electrons. The van der Waals surface area contributed by atoms with Crippen molar-refractivity contribution in [3.63, 3.8) is 0 Å². The van der Waals surface area contributed by atoms with Crippen LogP contribution < -0.4 is 10.6 Å². The van der Waals surface area contributed by atoms with Crippen molar-refractivity contribution in [2.24, 2.45) is 11.8 Å². The molecule has 0 spiro atoms. The minimum absolute atomic E-state index is 0.811. The zero-order valence-corrected chi connectivity index (χ0v) is 9.67. The molecule has 1 unspecified atom stereocenters. The van der Waals surface area contributed by atoms with Gasteiger partial charge in [0, 0.05) is 12.1 Å². The van der Waals surface area contributed by atoms with Crippen molar-refractivity contribution in [2.45, 2.75) is 57.0 Å². The topological polar surface area (TPSA) is 24.1 Å². The predicted molar refractivity (Wildman–Crippen MR) is 62.9 cm³/mol. The third kappa shape index (κ3) is 2.73. The van der Waals surface area contributed by atoms with Crippen LogP contribution in [0.1, 0.15) is 44.9 Å². The number of rotatable bonds is 4. The molecule has 1 atom stereocenters. The zero-order chi connectivity index (χ0) is 10.1. The highest BCUT2D eigenvalue weighted by molar-refractivity contribution is 4.97. The smallest absolute Gasteiger partial charge is 0.0126 e. The van der Waals surface area contributed by atoms with E-state index in [4.69, 9.17) is 0 Å². The standard InChI is InChI=1S/C13H24N2/c1-2-12(7-9-14-8-1)15-13(10-3-4-10)11-5-6-11/h10-15H,1-9H2. The predicted octanol–water partition coefficient (Wildman–Crippen LogP) is 1.91. The first-order chi connectivity index (χ1) is 7.43. The molecule has 0 bridgehead atoms. The molecule has 1 aliphatic heterocycles. The van der Waals surface area contributed by atoms with Gasteiger partial charge in [-0.1, -0.05) is 0 Å². The van der Waals surface area contributed by atoms with Crippen LogP contribution in [0.15, 0.2) is 0 Å². The molecule has 1 saturated heterocycles. The summed E-state index contributed by atoms with van der Waals surface area (Å²) < 4.78 is 0. The summed E-state index contributed by atoms with van der Waals surface area (Å²) in [5.74, 6) is 2.10. The largest absolute Gasteiger partial charge is 0.317 e. The molecule has 1 heterocycles. The summed E-state index contributed by atoms with van der Waals surface area (Å²) in [5.41, 5.74) is 0. The fourth-order valence-electron chi connectivity index (χ4n) is 3.03. The molecule has 3 fully saturated rings. The Morgan fingerprint density at radius 2 is 1.60 bits per heavy atom. The lowest BCUT2D eigenvalue weighted by atomic mass is 10.0. The third-order valence-corrected chi connectivity index (χ3v) is 4.26. The van der Waals surface area contributed by atoms with Crippen LogP contribution in [-0.4, -0.2) is 25.2 Å². The molecule has 2 N–H and O–H groups in total. The molecular formula is C13H24N2. The number of hydrogen-bond donors (Lipinski definition) is 2. The Labute approximate surface area is 93.2 Å². The lowest BCUT2D eigenvalue weighted by Crippen LogP contribution is -2.41. The van der Waals surface area contributed by atoms with Gasteiger partial charge in [-0.25, -0.2) is 0 Å². The second-order valence-corrected chi connectivity index (χ2v) is 5.75. The van der Waals surface area contributed by atoms with Crippen LogP contribution in [-0.2, 0) is 0 Å². The third-order valence-electron chi connectivity index (χ3n) is 4.26. The van der Waals surface area contributed by atoms with Crippen molar-refractivity contribution in [2.75, 3.05) is 13.1 Å². The van der Waals surface area contributed by atoms with Crippen molar-refractivity contribution < 1.29 is 0 Å². The summed E-state index contributed by atoms with van der Waals surface area (Å²) in [4.78, 5) is 0. The molecule has 2 saturated carbocycles. The first-order valence-electron chi connectivity index (χ1n) is 6.90. The van der Waals surface area contributed by atoms with Crippen LogP contribution >= 0.6 is 0 Å². The Bertz CT molecular complexity index is 189. The van der Waals surface area contributed by atoms with Crippen LogP contribution in [0.5, 0.6) is 0 Å². The van der Waals surface area contributed by atoms with Gasteiger partial charge in [-0.15, -0.1) is 0 Å². The molecule has 2 aliphatic carbocycles. The van der Waals surface area contributed by atoms with E-state index < -0.39 is 0 Å². The van der Waals surface area contributed by atoms with Gasteiger partial charge in [-0.2, -0.15) is 0 Å². The van der Waals surface area contributed by atoms with Gasteiger partial charge in [0.1, 0.15) is 0 Å². The molecule has 0 radical (unpaired) electrons. The van der Waals surface area contributed by atoms with Crippen LogP contribution in [0.25, 0.3) is 0 Å². The van der Waals surface area contributed by atoms with Gasteiger partial charge >= 0.3 is 0 Å². The highest BCUT2D eigenvalue weighted by atomic mass is 15.0. The highest BCUT2D eigenvalue weighted by Crippen LogP contribution is 2.44. The van der Waals surface area contributed by atoms with E-state index in [-0.39, 0.29) is 0 Å². The second kappa shape index (κ2) is 4.42. The molecule has 2 heteroatoms. The minimum Gasteiger partial charge on any atom is -0.317 e. The summed E-state index contributed by atoms with van der Waals surface area (Å²) in [5, 5.41) is 7.48. The van der Waals surface area contributed by atoms with Crippen LogP contribution in [0.3, 0.4) is 0 Å². The van der Waals surface area contributed by atoms with Gasteiger partial charge in [-0.3, -0.25) is 0 Å². The second-order valence-electron chi connectivity index (χ2n) is 5.75. The Hall–Kier alpha value is -0.0800. The lowest BCUT2D eigenvalue weighted by molar-refractivity contribution is 0.343. The highest BCUT2D eigenvalue weighted by Gasteiger charge is 2.41. The van der Waals surface area contributed by atoms with Gasteiger partial charge < -0.3 is 10.6 Å². The number of nitrogens with one attached hydrogen (secondary N) is 2. The number of hydrogen-bond acceptors (Lipinski definition) is 2. The SMILES string of the molecule is C1CNCCC(NC(C2CC2)C2CC2)C1. The molecule has 0 aromatic carbocycles. The van der Waals surface area contributed by atoms with Gasteiger partial charge in [0.15, 0.2) is 0 Å². The molecule has 3 rings (SSSR count). The minimum atomic E-state index is 0.811. The van der Waals surface area contributed by atoms with Gasteiger partial charge in [0.05, 0.1) is 0 Å². The molecule has 0 aromatic heterocycles. The molecule has 0 aromatic rings. The maximum atomic E-state index is 3.98. The van der Waals surface area contributed by atoms with Crippen LogP contribution in [0.2, 0.25) is 0 Å². The first-order valence-corrected chi connectivity index (χ1v) is 6.90. The summed E-state index contributed by atoms with van der Waals surface area (Å²) in [6, 6.07) is 1.71. The monoisotopic (exact) mass is 208 g/mol. The fraction of sp³-hybridized carbons (Fsp3) is 1.00. The Kier molecular flexibility index (Phi) is 2.98. The maximum Gasteiger partial charge on any atom is 0.0126 e. The first kappa shape index (κ1) is 10.1. The maximum absolute atomic E-state index is 3.98. The van der Waals surface area contributed by atoms with Crippen molar-refractivity contribution in [1.82, 2.24) is 10.6 Å². The van der Waals surface area contributed by atoms with E-state index in [1.165, 1.54) is 58.0 Å². The summed E-state index contributed by atoms with van der Waals surface area (Å²) in [6.45, 7) is 2.45. The van der Waals surface area contributed by atoms with Crippen LogP contribution in [0.4, 0.5) is 0 Å². The van der Waals surface area contributed by atoms with E-state index in [9.17, 15) is 0 Å². The van der Waals surface area contributed by atoms with Gasteiger partial charge in [0.2, 0.25) is 0 Å². The van der Waals surface area contributed by atoms with Crippen molar-refractivity contribution in [3.05, 3.63) is 0 Å². The zero-order valence-electron chi connectivity index (χ0n) is 9.67. The van der Waals surface area contributed by atoms with E-state index in [1.807, 2.05) is 0 Å². The lowest BCUT2D eigenvalue weighted by Gasteiger charge is -2.24. The Morgan fingerprint density at radius 1 is 0.867 bits per heavy atom. The summed E-state index contributed by atoms with van der Waals surface area (Å²) in [7, 11) is 0. The Morgan fingerprint density at radius 3 is 2.27 bits per heavy atom. The normalized spacial score (nSPS) is 33.0. The van der Waals surface area contributed by atoms with E-state index in [1.54, 1.807) is 0 Å². The average molecular weight is 208 g/mol. The van der Waals surface area contributed by atoms with Crippen molar-refractivity contribution in [3.8, 4) is 0 Å². The quantitative estimate of drug-likeness (QED) is 0.737. The van der Waals surface area contributed by atoms with E-state index in [0.29, 0.717) is 0 Å². The average Bonchev–Trinajstić information content (AvgIpc) is 3.07. The van der Waals surface area contributed by atoms with Gasteiger partial charge in [0.25, 0.3) is 0 Å². The Balaban J connectivity index is 1.52. The molecule has 3 aliphatic rings. The summed E-state index contributed by atoms with van der Waals surface area (Å²) >= 11 is 0. The van der Waals surface area contributed by atoms with Crippen molar-refractivity contribution in [1.29, 1.82) is 0 Å². The van der Waals surface area contributed by atoms with E-state index >= 15 is 0 Å². The van der Waals surface area contributed by atoms with Gasteiger partial charge in [-0.05, 0) is 69.9 Å². The molecule has 15 heavy (non-hydrogen) atoms. The molecule has 2 nitrogen and oxygen atoms in total. The molecule has 0 amide bonds. The molecular weight excluding hydrogens is 184 g/mol. The van der Waals surface area contributed by atoms with Crippen LogP contribution in [0, 0.1) is 11.8 Å². The van der Waals surface area contributed by atoms with E-state index in [0.717, 1.165) is 23.9 Å².